The molecule has 2 atom stereocenters. The number of halogens is 2. The van der Waals surface area contributed by atoms with E-state index in [-0.39, 0.29) is 29.7 Å². The lowest BCUT2D eigenvalue weighted by atomic mass is 10.2. The molecule has 0 aliphatic carbocycles. The zero-order valence-electron chi connectivity index (χ0n) is 13.2. The van der Waals surface area contributed by atoms with Crippen LogP contribution in [0.2, 0.25) is 5.02 Å². The molecule has 1 heterocycles. The van der Waals surface area contributed by atoms with Crippen LogP contribution in [0.1, 0.15) is 26.2 Å². The van der Waals surface area contributed by atoms with E-state index in [4.69, 9.17) is 16.7 Å². The summed E-state index contributed by atoms with van der Waals surface area (Å²) < 4.78 is 13.2. The summed E-state index contributed by atoms with van der Waals surface area (Å²) in [6.45, 7) is 3.50. The van der Waals surface area contributed by atoms with Gasteiger partial charge in [-0.1, -0.05) is 11.6 Å². The molecule has 1 saturated heterocycles. The fraction of sp³-hybridized carbons (Fsp3) is 0.562. The minimum Gasteiger partial charge on any atom is -0.396 e. The first-order valence-corrected chi connectivity index (χ1v) is 8.25. The molecule has 2 unspecified atom stereocenters. The van der Waals surface area contributed by atoms with Crippen molar-refractivity contribution >= 4 is 23.3 Å². The number of anilines is 1. The number of benzene rings is 1. The Morgan fingerprint density at radius 2 is 2.35 bits per heavy atom. The molecule has 0 bridgehead atoms. The number of nitrogens with one attached hydrogen (secondary N) is 2. The van der Waals surface area contributed by atoms with Crippen molar-refractivity contribution in [3.05, 3.63) is 29.0 Å². The van der Waals surface area contributed by atoms with E-state index in [1.165, 1.54) is 6.07 Å². The predicted octanol–water partition coefficient (Wildman–Crippen LogP) is 2.52. The topological polar surface area (TPSA) is 64.6 Å². The van der Waals surface area contributed by atoms with Gasteiger partial charge in [0.15, 0.2) is 0 Å². The third kappa shape index (κ3) is 5.25. The first-order valence-electron chi connectivity index (χ1n) is 7.87. The summed E-state index contributed by atoms with van der Waals surface area (Å²) >= 11 is 5.81. The van der Waals surface area contributed by atoms with Gasteiger partial charge in [0.25, 0.3) is 0 Å². The Bertz CT molecular complexity index is 544. The maximum Gasteiger partial charge on any atom is 0.315 e. The Morgan fingerprint density at radius 1 is 1.57 bits per heavy atom. The van der Waals surface area contributed by atoms with Gasteiger partial charge in [0, 0.05) is 37.5 Å². The molecule has 0 spiro atoms. The van der Waals surface area contributed by atoms with E-state index in [9.17, 15) is 9.18 Å². The van der Waals surface area contributed by atoms with Gasteiger partial charge >= 0.3 is 6.03 Å². The lowest BCUT2D eigenvalue weighted by Gasteiger charge is -2.20. The van der Waals surface area contributed by atoms with E-state index in [1.807, 2.05) is 6.92 Å². The maximum absolute atomic E-state index is 13.2. The van der Waals surface area contributed by atoms with Crippen LogP contribution < -0.4 is 15.5 Å². The van der Waals surface area contributed by atoms with Crippen LogP contribution in [0.15, 0.2) is 18.2 Å². The molecule has 1 aliphatic heterocycles. The van der Waals surface area contributed by atoms with Crippen molar-refractivity contribution in [2.24, 2.45) is 0 Å². The number of carbonyl (C=O) groups is 1. The number of amides is 2. The molecule has 1 aromatic rings. The lowest BCUT2D eigenvalue weighted by Crippen LogP contribution is -2.46. The monoisotopic (exact) mass is 343 g/mol. The molecule has 3 N–H and O–H groups in total. The predicted molar refractivity (Wildman–Crippen MR) is 89.5 cm³/mol. The summed E-state index contributed by atoms with van der Waals surface area (Å²) in [6.07, 6.45) is 2.24. The van der Waals surface area contributed by atoms with Crippen molar-refractivity contribution in [2.45, 2.75) is 38.3 Å². The third-order valence-corrected chi connectivity index (χ3v) is 4.25. The van der Waals surface area contributed by atoms with Gasteiger partial charge in [-0.05, 0) is 44.4 Å². The summed E-state index contributed by atoms with van der Waals surface area (Å²) in [5.74, 6) is -0.430. The SMILES string of the molecule is CC(CCCO)NC(=O)NC1CCN(c2ccc(F)c(Cl)c2)C1. The molecule has 23 heavy (non-hydrogen) atoms. The van der Waals surface area contributed by atoms with Crippen molar-refractivity contribution in [1.29, 1.82) is 0 Å². The maximum atomic E-state index is 13.2. The third-order valence-electron chi connectivity index (χ3n) is 3.96. The van der Waals surface area contributed by atoms with Crippen LogP contribution in [-0.2, 0) is 0 Å². The van der Waals surface area contributed by atoms with Gasteiger partial charge in [0.2, 0.25) is 0 Å². The second-order valence-corrected chi connectivity index (χ2v) is 6.32. The van der Waals surface area contributed by atoms with Crippen LogP contribution >= 0.6 is 11.6 Å². The van der Waals surface area contributed by atoms with E-state index < -0.39 is 5.82 Å². The molecule has 0 aromatic heterocycles. The Labute approximate surface area is 140 Å². The van der Waals surface area contributed by atoms with Crippen LogP contribution in [-0.4, -0.2) is 42.9 Å². The number of aliphatic hydroxyl groups excluding tert-OH is 1. The fourth-order valence-corrected chi connectivity index (χ4v) is 2.89. The molecule has 0 saturated carbocycles. The number of carbonyl (C=O) groups excluding carboxylic acids is 1. The summed E-state index contributed by atoms with van der Waals surface area (Å²) in [5.41, 5.74) is 0.859. The van der Waals surface area contributed by atoms with E-state index in [0.29, 0.717) is 13.0 Å². The van der Waals surface area contributed by atoms with Crippen molar-refractivity contribution in [3.8, 4) is 0 Å². The molecular formula is C16H23ClFN3O2. The second-order valence-electron chi connectivity index (χ2n) is 5.91. The Balaban J connectivity index is 1.80. The van der Waals surface area contributed by atoms with E-state index in [0.717, 1.165) is 25.1 Å². The minimum atomic E-state index is -0.430. The van der Waals surface area contributed by atoms with Gasteiger partial charge in [-0.3, -0.25) is 0 Å². The van der Waals surface area contributed by atoms with Gasteiger partial charge in [0.05, 0.1) is 5.02 Å². The van der Waals surface area contributed by atoms with Gasteiger partial charge in [-0.2, -0.15) is 0 Å². The van der Waals surface area contributed by atoms with Crippen molar-refractivity contribution < 1.29 is 14.3 Å². The zero-order valence-corrected chi connectivity index (χ0v) is 13.9. The summed E-state index contributed by atoms with van der Waals surface area (Å²) in [6, 6.07) is 4.53. The summed E-state index contributed by atoms with van der Waals surface area (Å²) in [5, 5.41) is 14.7. The number of aliphatic hydroxyl groups is 1. The van der Waals surface area contributed by atoms with Gasteiger partial charge in [-0.25, -0.2) is 9.18 Å². The van der Waals surface area contributed by atoms with Crippen LogP contribution in [0.3, 0.4) is 0 Å². The number of rotatable bonds is 6. The highest BCUT2D eigenvalue weighted by Gasteiger charge is 2.24. The minimum absolute atomic E-state index is 0.0237. The number of urea groups is 1. The molecule has 1 fully saturated rings. The zero-order chi connectivity index (χ0) is 16.8. The van der Waals surface area contributed by atoms with Gasteiger partial charge in [-0.15, -0.1) is 0 Å². The molecule has 7 heteroatoms. The Morgan fingerprint density at radius 3 is 3.04 bits per heavy atom. The highest BCUT2D eigenvalue weighted by molar-refractivity contribution is 6.31. The molecule has 0 radical (unpaired) electrons. The smallest absolute Gasteiger partial charge is 0.315 e. The second kappa shape index (κ2) is 8.36. The average Bonchev–Trinajstić information content (AvgIpc) is 2.96. The Hall–Kier alpha value is -1.53. The molecule has 2 rings (SSSR count). The van der Waals surface area contributed by atoms with Crippen LogP contribution in [0.25, 0.3) is 0 Å². The van der Waals surface area contributed by atoms with Crippen LogP contribution in [0, 0.1) is 5.82 Å². The standard InChI is InChI=1S/C16H23ClFN3O2/c1-11(3-2-8-22)19-16(23)20-12-6-7-21(10-12)13-4-5-15(18)14(17)9-13/h4-5,9,11-12,22H,2-3,6-8,10H2,1H3,(H2,19,20,23). The highest BCUT2D eigenvalue weighted by Crippen LogP contribution is 2.25. The van der Waals surface area contributed by atoms with Crippen molar-refractivity contribution in [1.82, 2.24) is 10.6 Å². The van der Waals surface area contributed by atoms with Crippen LogP contribution in [0.5, 0.6) is 0 Å². The number of hydrogen-bond donors (Lipinski definition) is 3. The number of hydrogen-bond acceptors (Lipinski definition) is 3. The molecule has 2 amide bonds. The largest absolute Gasteiger partial charge is 0.396 e. The van der Waals surface area contributed by atoms with E-state index >= 15 is 0 Å². The normalized spacial score (nSPS) is 18.8. The van der Waals surface area contributed by atoms with Gasteiger partial charge in [0.1, 0.15) is 5.82 Å². The fourth-order valence-electron chi connectivity index (χ4n) is 2.71. The molecule has 1 aromatic carbocycles. The first-order chi connectivity index (χ1) is 11.0. The van der Waals surface area contributed by atoms with E-state index in [1.54, 1.807) is 12.1 Å². The van der Waals surface area contributed by atoms with E-state index in [2.05, 4.69) is 15.5 Å². The summed E-state index contributed by atoms with van der Waals surface area (Å²) in [7, 11) is 0. The quantitative estimate of drug-likeness (QED) is 0.743. The lowest BCUT2D eigenvalue weighted by molar-refractivity contribution is 0.231. The molecule has 128 valence electrons. The molecule has 1 aliphatic rings. The molecular weight excluding hydrogens is 321 g/mol. The average molecular weight is 344 g/mol. The van der Waals surface area contributed by atoms with Crippen LogP contribution in [0.4, 0.5) is 14.9 Å². The molecule has 5 nitrogen and oxygen atoms in total. The van der Waals surface area contributed by atoms with Gasteiger partial charge < -0.3 is 20.6 Å². The van der Waals surface area contributed by atoms with Crippen molar-refractivity contribution in [3.63, 3.8) is 0 Å². The van der Waals surface area contributed by atoms with Crippen molar-refractivity contribution in [2.75, 3.05) is 24.6 Å². The first kappa shape index (κ1) is 17.8. The Kier molecular flexibility index (Phi) is 6.47. The highest BCUT2D eigenvalue weighted by atomic mass is 35.5. The summed E-state index contributed by atoms with van der Waals surface area (Å²) in [4.78, 5) is 14.0. The number of nitrogens with zero attached hydrogens (tertiary/aromatic N) is 1.